The Morgan fingerprint density at radius 2 is 1.90 bits per heavy atom. The van der Waals surface area contributed by atoms with Gasteiger partial charge in [0.1, 0.15) is 0 Å². The van der Waals surface area contributed by atoms with Crippen LogP contribution in [0, 0.1) is 5.92 Å². The fraction of sp³-hybridized carbons (Fsp3) is 0.611. The molecule has 1 unspecified atom stereocenters. The maximum Gasteiger partial charge on any atom is 0.225 e. The van der Waals surface area contributed by atoms with E-state index in [2.05, 4.69) is 31.2 Å². The number of carbonyl (C=O) groups excluding carboxylic acids is 1. The Hall–Kier alpha value is -1.35. The number of nitrogens with two attached hydrogens (primary N) is 1. The molecule has 3 heteroatoms. The number of piperidine rings is 1. The molecule has 114 valence electrons. The molecule has 1 aromatic rings. The summed E-state index contributed by atoms with van der Waals surface area (Å²) in [5.74, 6) is 0.359. The Morgan fingerprint density at radius 1 is 1.24 bits per heavy atom. The van der Waals surface area contributed by atoms with Crippen LogP contribution in [0.15, 0.2) is 24.3 Å². The van der Waals surface area contributed by atoms with E-state index >= 15 is 0 Å². The van der Waals surface area contributed by atoms with Gasteiger partial charge in [-0.25, -0.2) is 0 Å². The molecule has 1 aromatic carbocycles. The van der Waals surface area contributed by atoms with E-state index in [9.17, 15) is 4.79 Å². The minimum Gasteiger partial charge on any atom is -0.342 e. The van der Waals surface area contributed by atoms with Gasteiger partial charge >= 0.3 is 0 Å². The summed E-state index contributed by atoms with van der Waals surface area (Å²) >= 11 is 0. The molecule has 21 heavy (non-hydrogen) atoms. The highest BCUT2D eigenvalue weighted by Crippen LogP contribution is 2.44. The Morgan fingerprint density at radius 3 is 2.57 bits per heavy atom. The Kier molecular flexibility index (Phi) is 4.03. The number of nitrogens with zero attached hydrogens (tertiary/aromatic N) is 1. The second-order valence-corrected chi connectivity index (χ2v) is 6.80. The fourth-order valence-corrected chi connectivity index (χ4v) is 3.43. The predicted molar refractivity (Wildman–Crippen MR) is 84.8 cm³/mol. The number of hydrogen-bond donors (Lipinski definition) is 1. The third-order valence-corrected chi connectivity index (χ3v) is 4.96. The van der Waals surface area contributed by atoms with Gasteiger partial charge in [-0.05, 0) is 49.7 Å². The van der Waals surface area contributed by atoms with Gasteiger partial charge in [-0.2, -0.15) is 0 Å². The van der Waals surface area contributed by atoms with Gasteiger partial charge in [0, 0.05) is 24.5 Å². The molecule has 1 saturated heterocycles. The summed E-state index contributed by atoms with van der Waals surface area (Å²) < 4.78 is 0. The zero-order valence-electron chi connectivity index (χ0n) is 13.0. The van der Waals surface area contributed by atoms with E-state index in [-0.39, 0.29) is 11.5 Å². The summed E-state index contributed by atoms with van der Waals surface area (Å²) in [6.07, 6.45) is 6.51. The first kappa shape index (κ1) is 14.6. The van der Waals surface area contributed by atoms with Gasteiger partial charge in [-0.15, -0.1) is 0 Å². The molecule has 0 spiro atoms. The smallest absolute Gasteiger partial charge is 0.225 e. The number of carbonyl (C=O) groups is 1. The van der Waals surface area contributed by atoms with Crippen LogP contribution in [-0.2, 0) is 16.8 Å². The fourth-order valence-electron chi connectivity index (χ4n) is 3.43. The highest BCUT2D eigenvalue weighted by Gasteiger charge is 2.41. The zero-order chi connectivity index (χ0) is 14.9. The van der Waals surface area contributed by atoms with Crippen molar-refractivity contribution in [2.45, 2.75) is 51.0 Å². The first-order valence-corrected chi connectivity index (χ1v) is 8.26. The van der Waals surface area contributed by atoms with Crippen molar-refractivity contribution in [1.82, 2.24) is 4.90 Å². The molecule has 1 aliphatic carbocycles. The summed E-state index contributed by atoms with van der Waals surface area (Å²) in [6.45, 7) is 3.93. The standard InChI is InChI=1S/C18H26N2O/c1-14(17(21)20-11-5-2-6-12-20)13-15-7-3-4-8-16(15)18(19)9-10-18/h3-4,7-8,14H,2,5-6,9-13,19H2,1H3. The molecule has 2 N–H and O–H groups in total. The molecule has 0 bridgehead atoms. The van der Waals surface area contributed by atoms with Gasteiger partial charge in [0.05, 0.1) is 0 Å². The molecule has 1 saturated carbocycles. The lowest BCUT2D eigenvalue weighted by molar-refractivity contribution is -0.135. The second kappa shape index (κ2) is 5.80. The minimum absolute atomic E-state index is 0.0478. The van der Waals surface area contributed by atoms with Gasteiger partial charge in [-0.3, -0.25) is 4.79 Å². The average Bonchev–Trinajstić information content (AvgIpc) is 3.26. The van der Waals surface area contributed by atoms with Crippen LogP contribution in [0.1, 0.15) is 50.2 Å². The molecule has 1 aliphatic heterocycles. The van der Waals surface area contributed by atoms with Crippen molar-refractivity contribution in [2.24, 2.45) is 11.7 Å². The van der Waals surface area contributed by atoms with E-state index in [0.717, 1.165) is 45.2 Å². The van der Waals surface area contributed by atoms with Crippen molar-refractivity contribution in [3.63, 3.8) is 0 Å². The van der Waals surface area contributed by atoms with Gasteiger partial charge < -0.3 is 10.6 Å². The predicted octanol–water partition coefficient (Wildman–Crippen LogP) is 2.83. The van der Waals surface area contributed by atoms with Crippen LogP contribution in [0.2, 0.25) is 0 Å². The van der Waals surface area contributed by atoms with Crippen molar-refractivity contribution in [2.75, 3.05) is 13.1 Å². The van der Waals surface area contributed by atoms with Gasteiger partial charge in [0.25, 0.3) is 0 Å². The van der Waals surface area contributed by atoms with E-state index in [4.69, 9.17) is 5.73 Å². The van der Waals surface area contributed by atoms with E-state index in [1.807, 2.05) is 4.90 Å². The van der Waals surface area contributed by atoms with E-state index < -0.39 is 0 Å². The number of rotatable bonds is 4. The first-order valence-electron chi connectivity index (χ1n) is 8.26. The highest BCUT2D eigenvalue weighted by molar-refractivity contribution is 5.79. The topological polar surface area (TPSA) is 46.3 Å². The summed E-state index contributed by atoms with van der Waals surface area (Å²) in [7, 11) is 0. The van der Waals surface area contributed by atoms with Gasteiger partial charge in [-0.1, -0.05) is 31.2 Å². The lowest BCUT2D eigenvalue weighted by Gasteiger charge is -2.29. The van der Waals surface area contributed by atoms with E-state index in [1.165, 1.54) is 17.5 Å². The highest BCUT2D eigenvalue weighted by atomic mass is 16.2. The van der Waals surface area contributed by atoms with E-state index in [1.54, 1.807) is 0 Å². The summed E-state index contributed by atoms with van der Waals surface area (Å²) in [5, 5.41) is 0. The molecule has 1 atom stereocenters. The van der Waals surface area contributed by atoms with Crippen LogP contribution >= 0.6 is 0 Å². The largest absolute Gasteiger partial charge is 0.342 e. The zero-order valence-corrected chi connectivity index (χ0v) is 13.0. The Bertz CT molecular complexity index is 516. The normalized spacial score (nSPS) is 21.9. The average molecular weight is 286 g/mol. The molecule has 0 aromatic heterocycles. The lowest BCUT2D eigenvalue weighted by atomic mass is 9.91. The summed E-state index contributed by atoms with van der Waals surface area (Å²) in [4.78, 5) is 14.6. The third-order valence-electron chi connectivity index (χ3n) is 4.96. The van der Waals surface area contributed by atoms with Crippen molar-refractivity contribution >= 4 is 5.91 Å². The van der Waals surface area contributed by atoms with Crippen molar-refractivity contribution in [3.05, 3.63) is 35.4 Å². The first-order chi connectivity index (χ1) is 10.1. The van der Waals surface area contributed by atoms with Gasteiger partial charge in [0.15, 0.2) is 0 Å². The van der Waals surface area contributed by atoms with Crippen LogP contribution in [-0.4, -0.2) is 23.9 Å². The quantitative estimate of drug-likeness (QED) is 0.925. The number of hydrogen-bond acceptors (Lipinski definition) is 2. The van der Waals surface area contributed by atoms with Crippen molar-refractivity contribution in [3.8, 4) is 0 Å². The van der Waals surface area contributed by atoms with Crippen LogP contribution in [0.3, 0.4) is 0 Å². The van der Waals surface area contributed by atoms with Gasteiger partial charge in [0.2, 0.25) is 5.91 Å². The Balaban J connectivity index is 1.70. The molecule has 2 fully saturated rings. The molecule has 3 rings (SSSR count). The maximum absolute atomic E-state index is 12.6. The number of amides is 1. The molecule has 3 nitrogen and oxygen atoms in total. The van der Waals surface area contributed by atoms with Crippen molar-refractivity contribution < 1.29 is 4.79 Å². The lowest BCUT2D eigenvalue weighted by Crippen LogP contribution is -2.39. The van der Waals surface area contributed by atoms with E-state index in [0.29, 0.717) is 5.91 Å². The van der Waals surface area contributed by atoms with Crippen LogP contribution in [0.5, 0.6) is 0 Å². The monoisotopic (exact) mass is 286 g/mol. The second-order valence-electron chi connectivity index (χ2n) is 6.80. The third kappa shape index (κ3) is 3.13. The number of likely N-dealkylation sites (tertiary alicyclic amines) is 1. The maximum atomic E-state index is 12.6. The van der Waals surface area contributed by atoms with Crippen LogP contribution < -0.4 is 5.73 Å². The SMILES string of the molecule is CC(Cc1ccccc1C1(N)CC1)C(=O)N1CCCCC1. The molecular weight excluding hydrogens is 260 g/mol. The van der Waals surface area contributed by atoms with Crippen LogP contribution in [0.4, 0.5) is 0 Å². The molecular formula is C18H26N2O. The number of benzene rings is 1. The minimum atomic E-state index is -0.121. The molecule has 2 aliphatic rings. The van der Waals surface area contributed by atoms with Crippen molar-refractivity contribution in [1.29, 1.82) is 0 Å². The molecule has 1 heterocycles. The summed E-state index contributed by atoms with van der Waals surface area (Å²) in [6, 6.07) is 8.40. The molecule has 1 amide bonds. The Labute approximate surface area is 127 Å². The summed E-state index contributed by atoms with van der Waals surface area (Å²) in [5.41, 5.74) is 8.76. The molecule has 0 radical (unpaired) electrons. The van der Waals surface area contributed by atoms with Crippen LogP contribution in [0.25, 0.3) is 0 Å².